The minimum absolute atomic E-state index is 0.274. The molecule has 0 fully saturated rings. The maximum absolute atomic E-state index is 12.0. The molecule has 0 aliphatic rings. The van der Waals surface area contributed by atoms with Gasteiger partial charge in [0.05, 0.1) is 0 Å². The smallest absolute Gasteiger partial charge is 0.162 e. The van der Waals surface area contributed by atoms with Crippen molar-refractivity contribution in [2.45, 2.75) is 83.5 Å². The van der Waals surface area contributed by atoms with E-state index in [0.29, 0.717) is 12.8 Å². The summed E-state index contributed by atoms with van der Waals surface area (Å²) < 4.78 is 0. The number of carbonyl (C=O) groups excluding carboxylic acids is 2. The second-order valence-electron chi connectivity index (χ2n) is 7.97. The highest BCUT2D eigenvalue weighted by Gasteiger charge is 2.05. The molecule has 2 aromatic rings. The zero-order valence-corrected chi connectivity index (χ0v) is 17.8. The summed E-state index contributed by atoms with van der Waals surface area (Å²) in [5.74, 6) is 0.548. The van der Waals surface area contributed by atoms with E-state index >= 15 is 0 Å². The average molecular weight is 393 g/mol. The van der Waals surface area contributed by atoms with Gasteiger partial charge >= 0.3 is 0 Å². The molecule has 0 aromatic heterocycles. The van der Waals surface area contributed by atoms with Crippen LogP contribution in [0, 0.1) is 0 Å². The van der Waals surface area contributed by atoms with Crippen LogP contribution in [0.15, 0.2) is 60.7 Å². The predicted molar refractivity (Wildman–Crippen MR) is 122 cm³/mol. The standard InChI is InChI=1S/C27H36O2/c28-26(24-18-12-10-13-19-24)22-16-8-6-4-2-1-3-5-7-9-17-23-27(29)25-20-14-11-15-21-25/h10-15,18-21H,1-9,16-17,22-23H2. The third-order valence-electron chi connectivity index (χ3n) is 5.50. The van der Waals surface area contributed by atoms with E-state index in [1.54, 1.807) is 0 Å². The van der Waals surface area contributed by atoms with E-state index in [1.807, 2.05) is 60.7 Å². The first kappa shape index (κ1) is 23.1. The van der Waals surface area contributed by atoms with Gasteiger partial charge in [0.1, 0.15) is 0 Å². The lowest BCUT2D eigenvalue weighted by Crippen LogP contribution is -1.98. The molecule has 0 saturated carbocycles. The second kappa shape index (κ2) is 14.7. The normalized spacial score (nSPS) is 10.8. The van der Waals surface area contributed by atoms with Crippen LogP contribution in [0.5, 0.6) is 0 Å². The summed E-state index contributed by atoms with van der Waals surface area (Å²) in [6, 6.07) is 19.2. The number of ketones is 2. The van der Waals surface area contributed by atoms with Crippen molar-refractivity contribution in [3.8, 4) is 0 Å². The van der Waals surface area contributed by atoms with Gasteiger partial charge in [-0.1, -0.05) is 118 Å². The molecule has 2 heteroatoms. The first-order chi connectivity index (χ1) is 14.3. The van der Waals surface area contributed by atoms with Crippen molar-refractivity contribution in [3.05, 3.63) is 71.8 Å². The third-order valence-corrected chi connectivity index (χ3v) is 5.50. The van der Waals surface area contributed by atoms with Crippen molar-refractivity contribution in [3.63, 3.8) is 0 Å². The molecule has 0 amide bonds. The van der Waals surface area contributed by atoms with Crippen LogP contribution in [0.1, 0.15) is 104 Å². The summed E-state index contributed by atoms with van der Waals surface area (Å²) in [6.07, 6.45) is 14.7. The van der Waals surface area contributed by atoms with E-state index in [0.717, 1.165) is 36.8 Å². The van der Waals surface area contributed by atoms with Crippen molar-refractivity contribution in [1.29, 1.82) is 0 Å². The van der Waals surface area contributed by atoms with Crippen molar-refractivity contribution in [2.24, 2.45) is 0 Å². The molecule has 0 N–H and O–H groups in total. The Kier molecular flexibility index (Phi) is 11.7. The molecule has 0 spiro atoms. The molecule has 0 saturated heterocycles. The fraction of sp³-hybridized carbons (Fsp3) is 0.481. The van der Waals surface area contributed by atoms with Crippen molar-refractivity contribution < 1.29 is 9.59 Å². The van der Waals surface area contributed by atoms with Gasteiger partial charge in [0.15, 0.2) is 11.6 Å². The largest absolute Gasteiger partial charge is 0.294 e. The van der Waals surface area contributed by atoms with Gasteiger partial charge in [0.25, 0.3) is 0 Å². The Morgan fingerprint density at radius 1 is 0.414 bits per heavy atom. The summed E-state index contributed by atoms with van der Waals surface area (Å²) in [6.45, 7) is 0. The van der Waals surface area contributed by atoms with Crippen molar-refractivity contribution in [1.82, 2.24) is 0 Å². The fourth-order valence-corrected chi connectivity index (χ4v) is 3.70. The zero-order valence-electron chi connectivity index (χ0n) is 17.8. The van der Waals surface area contributed by atoms with Crippen LogP contribution in [0.2, 0.25) is 0 Å². The Hall–Kier alpha value is -2.22. The second-order valence-corrected chi connectivity index (χ2v) is 7.97. The predicted octanol–water partition coefficient (Wildman–Crippen LogP) is 7.82. The number of hydrogen-bond donors (Lipinski definition) is 0. The van der Waals surface area contributed by atoms with Gasteiger partial charge in [-0.25, -0.2) is 0 Å². The van der Waals surface area contributed by atoms with E-state index in [4.69, 9.17) is 0 Å². The molecule has 0 radical (unpaired) electrons. The van der Waals surface area contributed by atoms with Gasteiger partial charge in [-0.3, -0.25) is 9.59 Å². The Bertz CT molecular complexity index is 629. The molecule has 0 bridgehead atoms. The van der Waals surface area contributed by atoms with Crippen LogP contribution < -0.4 is 0 Å². The first-order valence-electron chi connectivity index (χ1n) is 11.4. The van der Waals surface area contributed by atoms with Gasteiger partial charge in [-0.2, -0.15) is 0 Å². The molecule has 156 valence electrons. The third kappa shape index (κ3) is 10.2. The molecule has 0 atom stereocenters. The highest BCUT2D eigenvalue weighted by atomic mass is 16.1. The molecule has 2 aromatic carbocycles. The molecular weight excluding hydrogens is 356 g/mol. The van der Waals surface area contributed by atoms with Crippen LogP contribution in [0.25, 0.3) is 0 Å². The number of Topliss-reactive ketones (excluding diaryl/α,β-unsaturated/α-hetero) is 2. The summed E-state index contributed by atoms with van der Waals surface area (Å²) in [7, 11) is 0. The lowest BCUT2D eigenvalue weighted by atomic mass is 10.0. The minimum atomic E-state index is 0.274. The summed E-state index contributed by atoms with van der Waals surface area (Å²) in [4.78, 5) is 24.0. The summed E-state index contributed by atoms with van der Waals surface area (Å²) in [5.41, 5.74) is 1.69. The maximum atomic E-state index is 12.0. The zero-order chi connectivity index (χ0) is 20.6. The Labute approximate surface area is 176 Å². The Balaban J connectivity index is 1.34. The Morgan fingerprint density at radius 2 is 0.690 bits per heavy atom. The van der Waals surface area contributed by atoms with Crippen LogP contribution in [-0.4, -0.2) is 11.6 Å². The average Bonchev–Trinajstić information content (AvgIpc) is 2.77. The van der Waals surface area contributed by atoms with Gasteiger partial charge in [0.2, 0.25) is 0 Å². The number of rotatable bonds is 16. The van der Waals surface area contributed by atoms with Gasteiger partial charge in [-0.15, -0.1) is 0 Å². The van der Waals surface area contributed by atoms with E-state index in [9.17, 15) is 9.59 Å². The number of unbranched alkanes of at least 4 members (excludes halogenated alkanes) is 10. The lowest BCUT2D eigenvalue weighted by Gasteiger charge is -2.04. The minimum Gasteiger partial charge on any atom is -0.294 e. The molecule has 2 rings (SSSR count). The number of hydrogen-bond acceptors (Lipinski definition) is 2. The molecule has 0 aliphatic carbocycles. The fourth-order valence-electron chi connectivity index (χ4n) is 3.70. The maximum Gasteiger partial charge on any atom is 0.162 e. The van der Waals surface area contributed by atoms with Crippen LogP contribution >= 0.6 is 0 Å². The SMILES string of the molecule is O=C(CCCCCCCCCCCCCC(=O)c1ccccc1)c1ccccc1. The van der Waals surface area contributed by atoms with Crippen LogP contribution in [0.4, 0.5) is 0 Å². The Morgan fingerprint density at radius 3 is 1.00 bits per heavy atom. The summed E-state index contributed by atoms with van der Waals surface area (Å²) in [5, 5.41) is 0. The van der Waals surface area contributed by atoms with Crippen LogP contribution in [-0.2, 0) is 0 Å². The van der Waals surface area contributed by atoms with Crippen molar-refractivity contribution in [2.75, 3.05) is 0 Å². The van der Waals surface area contributed by atoms with E-state index in [-0.39, 0.29) is 11.6 Å². The molecule has 29 heavy (non-hydrogen) atoms. The monoisotopic (exact) mass is 392 g/mol. The van der Waals surface area contributed by atoms with Gasteiger partial charge < -0.3 is 0 Å². The highest BCUT2D eigenvalue weighted by molar-refractivity contribution is 5.96. The quantitative estimate of drug-likeness (QED) is 0.215. The summed E-state index contributed by atoms with van der Waals surface area (Å²) >= 11 is 0. The molecule has 0 unspecified atom stereocenters. The molecule has 2 nitrogen and oxygen atoms in total. The van der Waals surface area contributed by atoms with Gasteiger partial charge in [0, 0.05) is 24.0 Å². The first-order valence-corrected chi connectivity index (χ1v) is 11.4. The highest BCUT2D eigenvalue weighted by Crippen LogP contribution is 2.14. The number of benzene rings is 2. The van der Waals surface area contributed by atoms with Crippen molar-refractivity contribution >= 4 is 11.6 Å². The van der Waals surface area contributed by atoms with E-state index in [1.165, 1.54) is 44.9 Å². The van der Waals surface area contributed by atoms with E-state index in [2.05, 4.69) is 0 Å². The number of carbonyl (C=O) groups is 2. The molecule has 0 aliphatic heterocycles. The lowest BCUT2D eigenvalue weighted by molar-refractivity contribution is 0.0971. The molecule has 0 heterocycles. The van der Waals surface area contributed by atoms with Gasteiger partial charge in [-0.05, 0) is 12.8 Å². The van der Waals surface area contributed by atoms with E-state index < -0.39 is 0 Å². The van der Waals surface area contributed by atoms with Crippen LogP contribution in [0.3, 0.4) is 0 Å². The molecular formula is C27H36O2. The topological polar surface area (TPSA) is 34.1 Å².